The van der Waals surface area contributed by atoms with Gasteiger partial charge < -0.3 is 24.0 Å². The zero-order valence-electron chi connectivity index (χ0n) is 20.4. The van der Waals surface area contributed by atoms with Crippen molar-refractivity contribution in [3.05, 3.63) is 77.4 Å². The summed E-state index contributed by atoms with van der Waals surface area (Å²) in [6, 6.07) is 19.3. The van der Waals surface area contributed by atoms with E-state index in [0.717, 1.165) is 34.1 Å². The molecule has 0 aliphatic carbocycles. The summed E-state index contributed by atoms with van der Waals surface area (Å²) >= 11 is 0. The highest BCUT2D eigenvalue weighted by atomic mass is 16.5. The minimum absolute atomic E-state index is 0.0141. The van der Waals surface area contributed by atoms with E-state index in [1.165, 1.54) is 0 Å². The topological polar surface area (TPSA) is 63.6 Å². The van der Waals surface area contributed by atoms with E-state index in [1.54, 1.807) is 32.4 Å². The van der Waals surface area contributed by atoms with E-state index < -0.39 is 0 Å². The third-order valence-corrected chi connectivity index (χ3v) is 6.51. The molecule has 0 N–H and O–H groups in total. The van der Waals surface area contributed by atoms with Crippen LogP contribution in [-0.4, -0.2) is 61.4 Å². The highest BCUT2D eigenvalue weighted by Crippen LogP contribution is 2.38. The Labute approximate surface area is 205 Å². The second-order valence-corrected chi connectivity index (χ2v) is 8.87. The normalized spacial score (nSPS) is 16.9. The number of amides is 1. The summed E-state index contributed by atoms with van der Waals surface area (Å²) in [5.74, 6) is 3.52. The quantitative estimate of drug-likeness (QED) is 0.535. The largest absolute Gasteiger partial charge is 0.493 e. The molecule has 1 atom stereocenters. The Balaban J connectivity index is 1.43. The summed E-state index contributed by atoms with van der Waals surface area (Å²) in [5, 5.41) is 0. The molecule has 2 aliphatic rings. The fourth-order valence-corrected chi connectivity index (χ4v) is 4.66. The maximum Gasteiger partial charge on any atom is 0.254 e. The first-order chi connectivity index (χ1) is 17.0. The minimum Gasteiger partial charge on any atom is -0.493 e. The second kappa shape index (κ2) is 9.33. The van der Waals surface area contributed by atoms with Crippen LogP contribution in [0.4, 0.5) is 5.69 Å². The number of benzene rings is 3. The number of rotatable bonds is 3. The average Bonchev–Trinajstić information content (AvgIpc) is 3.04. The third kappa shape index (κ3) is 4.30. The number of piperazine rings is 1. The van der Waals surface area contributed by atoms with E-state index in [2.05, 4.69) is 24.8 Å². The molecule has 0 unspecified atom stereocenters. The van der Waals surface area contributed by atoms with Crippen molar-refractivity contribution in [1.29, 1.82) is 0 Å². The van der Waals surface area contributed by atoms with Gasteiger partial charge in [0.05, 0.1) is 19.8 Å². The highest BCUT2D eigenvalue weighted by molar-refractivity contribution is 6.04. The van der Waals surface area contributed by atoms with Crippen molar-refractivity contribution in [1.82, 2.24) is 9.80 Å². The van der Waals surface area contributed by atoms with Gasteiger partial charge >= 0.3 is 0 Å². The summed E-state index contributed by atoms with van der Waals surface area (Å²) < 4.78 is 16.9. The molecule has 35 heavy (non-hydrogen) atoms. The highest BCUT2D eigenvalue weighted by Gasteiger charge is 2.32. The minimum atomic E-state index is -0.0224. The summed E-state index contributed by atoms with van der Waals surface area (Å²) in [4.78, 5) is 22.6. The van der Waals surface area contributed by atoms with Crippen LogP contribution in [-0.2, 0) is 0 Å². The Kier molecular flexibility index (Phi) is 6.07. The van der Waals surface area contributed by atoms with E-state index in [1.807, 2.05) is 41.3 Å². The SMILES string of the molecule is COc1ccc(C(=O)N2CCN(C3=Nc4ccccc4Oc4ccc(C)cc43)C[C@@H]2C)cc1OC. The van der Waals surface area contributed by atoms with Crippen LogP contribution >= 0.6 is 0 Å². The molecule has 1 fully saturated rings. The number of carbonyl (C=O) groups is 1. The molecule has 1 amide bonds. The Morgan fingerprint density at radius 1 is 0.971 bits per heavy atom. The van der Waals surface area contributed by atoms with Crippen LogP contribution in [0.15, 0.2) is 65.7 Å². The third-order valence-electron chi connectivity index (χ3n) is 6.51. The molecule has 7 heteroatoms. The molecule has 5 rings (SSSR count). The number of aliphatic imine (C=N–C) groups is 1. The van der Waals surface area contributed by atoms with E-state index in [-0.39, 0.29) is 11.9 Å². The van der Waals surface area contributed by atoms with E-state index >= 15 is 0 Å². The van der Waals surface area contributed by atoms with E-state index in [4.69, 9.17) is 19.2 Å². The lowest BCUT2D eigenvalue weighted by Crippen LogP contribution is -2.55. The Bertz CT molecular complexity index is 1300. The smallest absolute Gasteiger partial charge is 0.254 e. The van der Waals surface area contributed by atoms with Crippen molar-refractivity contribution in [2.75, 3.05) is 33.9 Å². The van der Waals surface area contributed by atoms with Gasteiger partial charge in [0.15, 0.2) is 17.2 Å². The second-order valence-electron chi connectivity index (χ2n) is 8.87. The lowest BCUT2D eigenvalue weighted by molar-refractivity contribution is 0.0581. The predicted octanol–water partition coefficient (Wildman–Crippen LogP) is 5.04. The fourth-order valence-electron chi connectivity index (χ4n) is 4.66. The number of amidine groups is 1. The number of nitrogens with zero attached hydrogens (tertiary/aromatic N) is 3. The van der Waals surface area contributed by atoms with Crippen molar-refractivity contribution in [3.63, 3.8) is 0 Å². The van der Waals surface area contributed by atoms with Gasteiger partial charge in [-0.3, -0.25) is 4.79 Å². The number of carbonyl (C=O) groups excluding carboxylic acids is 1. The maximum atomic E-state index is 13.4. The maximum absolute atomic E-state index is 13.4. The summed E-state index contributed by atoms with van der Waals surface area (Å²) in [6.45, 7) is 6.05. The predicted molar refractivity (Wildman–Crippen MR) is 136 cm³/mol. The van der Waals surface area contributed by atoms with Crippen molar-refractivity contribution in [3.8, 4) is 23.0 Å². The number of hydrogen-bond donors (Lipinski definition) is 0. The molecule has 180 valence electrons. The van der Waals surface area contributed by atoms with Gasteiger partial charge in [0.1, 0.15) is 17.3 Å². The Hall–Kier alpha value is -4.00. The first-order valence-corrected chi connectivity index (χ1v) is 11.7. The molecule has 3 aromatic carbocycles. The monoisotopic (exact) mass is 471 g/mol. The molecule has 0 aromatic heterocycles. The van der Waals surface area contributed by atoms with Crippen LogP contribution in [0.3, 0.4) is 0 Å². The molecule has 0 bridgehead atoms. The Morgan fingerprint density at radius 2 is 1.77 bits per heavy atom. The van der Waals surface area contributed by atoms with Gasteiger partial charge in [-0.05, 0) is 56.3 Å². The molecule has 7 nitrogen and oxygen atoms in total. The lowest BCUT2D eigenvalue weighted by Gasteiger charge is -2.41. The first-order valence-electron chi connectivity index (χ1n) is 11.7. The summed E-state index contributed by atoms with van der Waals surface area (Å²) in [6.07, 6.45) is 0. The summed E-state index contributed by atoms with van der Waals surface area (Å²) in [7, 11) is 3.16. The number of hydrogen-bond acceptors (Lipinski definition) is 6. The van der Waals surface area contributed by atoms with E-state index in [9.17, 15) is 4.79 Å². The van der Waals surface area contributed by atoms with Crippen molar-refractivity contribution in [2.24, 2.45) is 4.99 Å². The lowest BCUT2D eigenvalue weighted by atomic mass is 10.1. The first kappa shape index (κ1) is 22.8. The molecular weight excluding hydrogens is 442 g/mol. The van der Waals surface area contributed by atoms with Crippen LogP contribution < -0.4 is 14.2 Å². The van der Waals surface area contributed by atoms with Crippen LogP contribution in [0.1, 0.15) is 28.4 Å². The standard InChI is InChI=1S/C28H29N3O4/c1-18-9-11-23-21(15-18)27(29-22-7-5-6-8-24(22)35-23)30-13-14-31(19(2)17-30)28(32)20-10-12-25(33-3)26(16-20)34-4/h5-12,15-16,19H,13-14,17H2,1-4H3/t19-/m0/s1. The number of fused-ring (bicyclic) bond motifs is 2. The van der Waals surface area contributed by atoms with Gasteiger partial charge in [0.2, 0.25) is 0 Å². The molecule has 0 spiro atoms. The summed E-state index contributed by atoms with van der Waals surface area (Å²) in [5.41, 5.74) is 3.49. The molecule has 1 saturated heterocycles. The van der Waals surface area contributed by atoms with Crippen LogP contribution in [0.2, 0.25) is 0 Å². The van der Waals surface area contributed by atoms with Crippen molar-refractivity contribution >= 4 is 17.4 Å². The Morgan fingerprint density at radius 3 is 2.54 bits per heavy atom. The van der Waals surface area contributed by atoms with Gasteiger partial charge in [-0.1, -0.05) is 23.8 Å². The molecule has 0 saturated carbocycles. The van der Waals surface area contributed by atoms with Crippen molar-refractivity contribution in [2.45, 2.75) is 19.9 Å². The van der Waals surface area contributed by atoms with Gasteiger partial charge in [-0.2, -0.15) is 0 Å². The van der Waals surface area contributed by atoms with Crippen molar-refractivity contribution < 1.29 is 19.0 Å². The zero-order valence-corrected chi connectivity index (χ0v) is 20.4. The van der Waals surface area contributed by atoms with Crippen LogP contribution in [0.5, 0.6) is 23.0 Å². The number of methoxy groups -OCH3 is 2. The number of para-hydroxylation sites is 2. The molecule has 0 radical (unpaired) electrons. The molecule has 3 aromatic rings. The van der Waals surface area contributed by atoms with Gasteiger partial charge in [0, 0.05) is 31.2 Å². The van der Waals surface area contributed by atoms with Gasteiger partial charge in [-0.25, -0.2) is 4.99 Å². The molecule has 2 heterocycles. The molecule has 2 aliphatic heterocycles. The van der Waals surface area contributed by atoms with Crippen LogP contribution in [0.25, 0.3) is 0 Å². The van der Waals surface area contributed by atoms with Gasteiger partial charge in [-0.15, -0.1) is 0 Å². The number of ether oxygens (including phenoxy) is 3. The van der Waals surface area contributed by atoms with Crippen LogP contribution in [0, 0.1) is 6.92 Å². The fraction of sp³-hybridized carbons (Fsp3) is 0.286. The van der Waals surface area contributed by atoms with E-state index in [0.29, 0.717) is 36.7 Å². The number of aryl methyl sites for hydroxylation is 1. The average molecular weight is 472 g/mol. The zero-order chi connectivity index (χ0) is 24.5. The van der Waals surface area contributed by atoms with Gasteiger partial charge in [0.25, 0.3) is 5.91 Å². The molecular formula is C28H29N3O4.